The molecule has 1 saturated carbocycles. The summed E-state index contributed by atoms with van der Waals surface area (Å²) in [6.07, 6.45) is 6.81. The molecule has 5 heteroatoms. The molecular formula is C14H24N4O. The average molecular weight is 264 g/mol. The van der Waals surface area contributed by atoms with Crippen LogP contribution in [0.2, 0.25) is 0 Å². The summed E-state index contributed by atoms with van der Waals surface area (Å²) in [4.78, 5) is 8.61. The molecule has 106 valence electrons. The molecule has 1 fully saturated rings. The van der Waals surface area contributed by atoms with E-state index in [0.29, 0.717) is 11.9 Å². The van der Waals surface area contributed by atoms with Crippen LogP contribution in [0.3, 0.4) is 0 Å². The number of aromatic nitrogens is 2. The minimum atomic E-state index is -0.0832. The first-order valence-corrected chi connectivity index (χ1v) is 7.26. The fraction of sp³-hybridized carbons (Fsp3) is 0.714. The monoisotopic (exact) mass is 264 g/mol. The van der Waals surface area contributed by atoms with Crippen molar-refractivity contribution in [2.45, 2.75) is 45.1 Å². The predicted molar refractivity (Wildman–Crippen MR) is 77.3 cm³/mol. The van der Waals surface area contributed by atoms with Crippen molar-refractivity contribution in [3.8, 4) is 0 Å². The third-order valence-corrected chi connectivity index (χ3v) is 3.58. The highest BCUT2D eigenvalue weighted by Gasteiger charge is 2.19. The van der Waals surface area contributed by atoms with Gasteiger partial charge in [-0.3, -0.25) is 0 Å². The van der Waals surface area contributed by atoms with Crippen molar-refractivity contribution < 1.29 is 5.11 Å². The molecule has 5 nitrogen and oxygen atoms in total. The highest BCUT2D eigenvalue weighted by Crippen LogP contribution is 2.24. The van der Waals surface area contributed by atoms with Crippen molar-refractivity contribution in [1.82, 2.24) is 9.97 Å². The summed E-state index contributed by atoms with van der Waals surface area (Å²) in [5.41, 5.74) is 0. The highest BCUT2D eigenvalue weighted by molar-refractivity contribution is 5.39. The summed E-state index contributed by atoms with van der Waals surface area (Å²) >= 11 is 0. The molecule has 1 aromatic rings. The van der Waals surface area contributed by atoms with Gasteiger partial charge < -0.3 is 15.7 Å². The van der Waals surface area contributed by atoms with Crippen LogP contribution >= 0.6 is 0 Å². The molecule has 1 heterocycles. The Kier molecular flexibility index (Phi) is 5.39. The second kappa shape index (κ2) is 7.28. The van der Waals surface area contributed by atoms with E-state index >= 15 is 0 Å². The maximum absolute atomic E-state index is 9.48. The Hall–Kier alpha value is -1.36. The van der Waals surface area contributed by atoms with Crippen molar-refractivity contribution in [3.63, 3.8) is 0 Å². The topological polar surface area (TPSA) is 70.1 Å². The van der Waals surface area contributed by atoms with Gasteiger partial charge in [0.15, 0.2) is 0 Å². The van der Waals surface area contributed by atoms with Crippen LogP contribution < -0.4 is 10.6 Å². The lowest BCUT2D eigenvalue weighted by Gasteiger charge is -2.25. The van der Waals surface area contributed by atoms with E-state index in [1.54, 1.807) is 6.20 Å². The van der Waals surface area contributed by atoms with E-state index in [4.69, 9.17) is 0 Å². The molecule has 0 unspecified atom stereocenters. The summed E-state index contributed by atoms with van der Waals surface area (Å²) in [6.45, 7) is 3.94. The van der Waals surface area contributed by atoms with Gasteiger partial charge in [-0.05, 0) is 44.1 Å². The molecule has 0 radical (unpaired) electrons. The number of hydrogen-bond donors (Lipinski definition) is 3. The zero-order valence-electron chi connectivity index (χ0n) is 11.6. The molecule has 0 aliphatic heterocycles. The number of nitrogens with one attached hydrogen (secondary N) is 2. The number of hydrogen-bond acceptors (Lipinski definition) is 5. The predicted octanol–water partition coefficient (Wildman–Crippen LogP) is 2.26. The van der Waals surface area contributed by atoms with Crippen molar-refractivity contribution in [2.24, 2.45) is 5.92 Å². The van der Waals surface area contributed by atoms with Crippen LogP contribution in [0.4, 0.5) is 11.8 Å². The summed E-state index contributed by atoms with van der Waals surface area (Å²) in [7, 11) is 0. The van der Waals surface area contributed by atoms with Crippen LogP contribution in [-0.4, -0.2) is 34.3 Å². The number of anilines is 2. The van der Waals surface area contributed by atoms with Gasteiger partial charge >= 0.3 is 0 Å². The minimum Gasteiger partial charge on any atom is -0.393 e. The second-order valence-corrected chi connectivity index (χ2v) is 5.25. The molecular weight excluding hydrogens is 240 g/mol. The van der Waals surface area contributed by atoms with E-state index in [-0.39, 0.29) is 6.10 Å². The van der Waals surface area contributed by atoms with Gasteiger partial charge in [0, 0.05) is 19.3 Å². The third-order valence-electron chi connectivity index (χ3n) is 3.58. The maximum Gasteiger partial charge on any atom is 0.224 e. The first kappa shape index (κ1) is 14.1. The molecule has 0 amide bonds. The van der Waals surface area contributed by atoms with Gasteiger partial charge in [-0.15, -0.1) is 0 Å². The standard InChI is InChI=1S/C14H24N4O/c1-2-8-15-14-16-9-7-13(18-14)17-10-11-3-5-12(19)6-4-11/h7,9,11-12,19H,2-6,8,10H2,1H3,(H2,15,16,17,18). The van der Waals surface area contributed by atoms with Gasteiger partial charge in [-0.1, -0.05) is 6.92 Å². The average Bonchev–Trinajstić information content (AvgIpc) is 2.45. The molecule has 3 N–H and O–H groups in total. The smallest absolute Gasteiger partial charge is 0.224 e. The maximum atomic E-state index is 9.48. The largest absolute Gasteiger partial charge is 0.393 e. The molecule has 1 aromatic heterocycles. The first-order chi connectivity index (χ1) is 9.28. The third kappa shape index (κ3) is 4.67. The van der Waals surface area contributed by atoms with Crippen molar-refractivity contribution in [2.75, 3.05) is 23.7 Å². The Morgan fingerprint density at radius 3 is 2.79 bits per heavy atom. The molecule has 19 heavy (non-hydrogen) atoms. The Morgan fingerprint density at radius 2 is 2.05 bits per heavy atom. The van der Waals surface area contributed by atoms with Gasteiger partial charge in [0.25, 0.3) is 0 Å². The van der Waals surface area contributed by atoms with E-state index < -0.39 is 0 Å². The first-order valence-electron chi connectivity index (χ1n) is 7.26. The lowest BCUT2D eigenvalue weighted by molar-refractivity contribution is 0.111. The Bertz CT molecular complexity index is 377. The van der Waals surface area contributed by atoms with Crippen LogP contribution in [0, 0.1) is 5.92 Å². The number of rotatable bonds is 6. The van der Waals surface area contributed by atoms with Crippen molar-refractivity contribution in [3.05, 3.63) is 12.3 Å². The Balaban J connectivity index is 1.78. The molecule has 1 aliphatic rings. The zero-order valence-corrected chi connectivity index (χ0v) is 11.6. The van der Waals surface area contributed by atoms with Crippen LogP contribution in [0.1, 0.15) is 39.0 Å². The Morgan fingerprint density at radius 1 is 1.26 bits per heavy atom. The fourth-order valence-electron chi connectivity index (χ4n) is 2.38. The fourth-order valence-corrected chi connectivity index (χ4v) is 2.38. The van der Waals surface area contributed by atoms with Crippen LogP contribution in [-0.2, 0) is 0 Å². The summed E-state index contributed by atoms with van der Waals surface area (Å²) in [5, 5.41) is 16.0. The molecule has 0 spiro atoms. The highest BCUT2D eigenvalue weighted by atomic mass is 16.3. The number of aliphatic hydroxyl groups is 1. The zero-order chi connectivity index (χ0) is 13.5. The van der Waals surface area contributed by atoms with Crippen molar-refractivity contribution >= 4 is 11.8 Å². The van der Waals surface area contributed by atoms with Crippen LogP contribution in [0.5, 0.6) is 0 Å². The van der Waals surface area contributed by atoms with Crippen LogP contribution in [0.15, 0.2) is 12.3 Å². The molecule has 0 atom stereocenters. The van der Waals surface area contributed by atoms with Gasteiger partial charge in [-0.2, -0.15) is 4.98 Å². The second-order valence-electron chi connectivity index (χ2n) is 5.25. The number of aliphatic hydroxyl groups excluding tert-OH is 1. The molecule has 0 saturated heterocycles. The lowest BCUT2D eigenvalue weighted by Crippen LogP contribution is -2.23. The van der Waals surface area contributed by atoms with Crippen molar-refractivity contribution in [1.29, 1.82) is 0 Å². The van der Waals surface area contributed by atoms with E-state index in [2.05, 4.69) is 27.5 Å². The Labute approximate surface area is 114 Å². The van der Waals surface area contributed by atoms with E-state index in [1.165, 1.54) is 0 Å². The van der Waals surface area contributed by atoms with Gasteiger partial charge in [0.1, 0.15) is 5.82 Å². The van der Waals surface area contributed by atoms with Crippen LogP contribution in [0.25, 0.3) is 0 Å². The quantitative estimate of drug-likeness (QED) is 0.735. The minimum absolute atomic E-state index is 0.0832. The van der Waals surface area contributed by atoms with Gasteiger partial charge in [-0.25, -0.2) is 4.98 Å². The molecule has 0 bridgehead atoms. The summed E-state index contributed by atoms with van der Waals surface area (Å²) in [6, 6.07) is 1.90. The van der Waals surface area contributed by atoms with E-state index in [1.807, 2.05) is 6.07 Å². The molecule has 2 rings (SSSR count). The normalized spacial score (nSPS) is 23.1. The summed E-state index contributed by atoms with van der Waals surface area (Å²) in [5.74, 6) is 2.20. The lowest BCUT2D eigenvalue weighted by atomic mass is 9.87. The van der Waals surface area contributed by atoms with E-state index in [9.17, 15) is 5.11 Å². The molecule has 1 aliphatic carbocycles. The van der Waals surface area contributed by atoms with Gasteiger partial charge in [0.2, 0.25) is 5.95 Å². The number of nitrogens with zero attached hydrogens (tertiary/aromatic N) is 2. The van der Waals surface area contributed by atoms with Gasteiger partial charge in [0.05, 0.1) is 6.10 Å². The molecule has 0 aromatic carbocycles. The SMILES string of the molecule is CCCNc1nccc(NCC2CCC(O)CC2)n1. The summed E-state index contributed by atoms with van der Waals surface area (Å²) < 4.78 is 0. The van der Waals surface area contributed by atoms with E-state index in [0.717, 1.165) is 51.0 Å².